The zero-order valence-corrected chi connectivity index (χ0v) is 15.2. The highest BCUT2D eigenvalue weighted by Crippen LogP contribution is 2.30. The summed E-state index contributed by atoms with van der Waals surface area (Å²) in [6.07, 6.45) is 12.9. The van der Waals surface area contributed by atoms with Crippen molar-refractivity contribution < 1.29 is 0 Å². The van der Waals surface area contributed by atoms with Crippen molar-refractivity contribution in [2.24, 2.45) is 13.0 Å². The number of nitrogens with one attached hydrogen (secondary N) is 3. The Morgan fingerprint density at radius 3 is 3.08 bits per heavy atom. The topological polar surface area (TPSA) is 84.1 Å². The first kappa shape index (κ1) is 15.9. The Morgan fingerprint density at radius 2 is 2.27 bits per heavy atom. The number of anilines is 1. The van der Waals surface area contributed by atoms with Crippen LogP contribution >= 0.6 is 11.9 Å². The fourth-order valence-corrected chi connectivity index (χ4v) is 4.42. The number of rotatable bonds is 4. The molecule has 0 aromatic carbocycles. The van der Waals surface area contributed by atoms with Crippen molar-refractivity contribution in [2.45, 2.75) is 12.5 Å². The normalized spacial score (nSPS) is 22.9. The molecule has 2 atom stereocenters. The average Bonchev–Trinajstić information content (AvgIpc) is 3.42. The molecule has 0 amide bonds. The van der Waals surface area contributed by atoms with Gasteiger partial charge in [0, 0.05) is 37.2 Å². The van der Waals surface area contributed by atoms with Crippen molar-refractivity contribution in [3.8, 4) is 11.3 Å². The van der Waals surface area contributed by atoms with Crippen LogP contribution in [0.15, 0.2) is 42.1 Å². The van der Waals surface area contributed by atoms with Crippen molar-refractivity contribution in [1.82, 2.24) is 34.2 Å². The summed E-state index contributed by atoms with van der Waals surface area (Å²) in [6.45, 7) is 2.18. The minimum Gasteiger partial charge on any atom is -0.331 e. The molecule has 1 fully saturated rings. The number of aromatic nitrogens is 5. The van der Waals surface area contributed by atoms with Crippen LogP contribution in [-0.2, 0) is 7.05 Å². The van der Waals surface area contributed by atoms with Crippen molar-refractivity contribution >= 4 is 23.4 Å². The van der Waals surface area contributed by atoms with Gasteiger partial charge in [-0.2, -0.15) is 5.10 Å². The fourth-order valence-electron chi connectivity index (χ4n) is 3.54. The Hall–Kier alpha value is -2.36. The zero-order chi connectivity index (χ0) is 17.5. The molecular formula is C17H20N8S. The molecule has 8 nitrogen and oxygen atoms in total. The number of aryl methyl sites for hydroxylation is 1. The van der Waals surface area contributed by atoms with E-state index in [-0.39, 0.29) is 0 Å². The van der Waals surface area contributed by atoms with Gasteiger partial charge in [0.25, 0.3) is 0 Å². The fraction of sp³-hybridized carbons (Fsp3) is 0.353. The number of fused-ring (bicyclic) bond motifs is 1. The maximum atomic E-state index is 4.58. The first-order valence-electron chi connectivity index (χ1n) is 8.71. The van der Waals surface area contributed by atoms with E-state index in [9.17, 15) is 0 Å². The van der Waals surface area contributed by atoms with Crippen LogP contribution in [0.4, 0.5) is 5.82 Å². The van der Waals surface area contributed by atoms with Gasteiger partial charge in [-0.3, -0.25) is 13.8 Å². The molecule has 3 aromatic heterocycles. The molecule has 1 saturated heterocycles. The smallest absolute Gasteiger partial charge is 0.180 e. The second-order valence-corrected chi connectivity index (χ2v) is 7.55. The summed E-state index contributed by atoms with van der Waals surface area (Å²) in [6, 6.07) is 0.392. The van der Waals surface area contributed by atoms with Crippen molar-refractivity contribution in [1.29, 1.82) is 0 Å². The summed E-state index contributed by atoms with van der Waals surface area (Å²) in [7, 11) is 1.91. The van der Waals surface area contributed by atoms with Gasteiger partial charge in [-0.05, 0) is 43.5 Å². The van der Waals surface area contributed by atoms with Crippen LogP contribution in [0.25, 0.3) is 16.9 Å². The standard InChI is InChI=1S/C17H20N8S/c1-24-10-12(8-21-24)14-9-20-17-16(19-4-5-25(14)17)22-15-6-13(23-26-15)11-2-3-18-7-11/h4-6,8-11,13,18,23H,2-3,7H2,1H3,(H,19,22). The minimum absolute atomic E-state index is 0.392. The van der Waals surface area contributed by atoms with E-state index in [1.807, 2.05) is 36.2 Å². The summed E-state index contributed by atoms with van der Waals surface area (Å²) in [5.41, 5.74) is 2.83. The van der Waals surface area contributed by atoms with E-state index in [0.717, 1.165) is 40.8 Å². The van der Waals surface area contributed by atoms with E-state index in [1.165, 1.54) is 6.42 Å². The third kappa shape index (κ3) is 2.77. The Bertz CT molecular complexity index is 968. The van der Waals surface area contributed by atoms with E-state index in [4.69, 9.17) is 0 Å². The van der Waals surface area contributed by atoms with E-state index >= 15 is 0 Å². The number of nitrogens with zero attached hydrogens (tertiary/aromatic N) is 5. The predicted octanol–water partition coefficient (Wildman–Crippen LogP) is 1.61. The molecule has 2 aliphatic heterocycles. The van der Waals surface area contributed by atoms with Crippen molar-refractivity contribution in [3.05, 3.63) is 42.1 Å². The van der Waals surface area contributed by atoms with Gasteiger partial charge in [-0.25, -0.2) is 9.97 Å². The third-order valence-corrected chi connectivity index (χ3v) is 5.76. The summed E-state index contributed by atoms with van der Waals surface area (Å²) < 4.78 is 7.34. The Labute approximate surface area is 155 Å². The second-order valence-electron chi connectivity index (χ2n) is 6.67. The lowest BCUT2D eigenvalue weighted by Crippen LogP contribution is -2.28. The van der Waals surface area contributed by atoms with E-state index < -0.39 is 0 Å². The second kappa shape index (κ2) is 6.42. The number of hydrogen-bond donors (Lipinski definition) is 3. The molecule has 0 aliphatic carbocycles. The van der Waals surface area contributed by atoms with E-state index in [2.05, 4.69) is 36.5 Å². The highest BCUT2D eigenvalue weighted by molar-refractivity contribution is 8.01. The quantitative estimate of drug-likeness (QED) is 0.604. The molecule has 9 heteroatoms. The molecule has 134 valence electrons. The summed E-state index contributed by atoms with van der Waals surface area (Å²) in [5.74, 6) is 1.41. The van der Waals surface area contributed by atoms with Crippen LogP contribution in [0.1, 0.15) is 6.42 Å². The molecular weight excluding hydrogens is 348 g/mol. The van der Waals surface area contributed by atoms with Gasteiger partial charge in [0.2, 0.25) is 0 Å². The van der Waals surface area contributed by atoms with Crippen molar-refractivity contribution in [3.63, 3.8) is 0 Å². The van der Waals surface area contributed by atoms with E-state index in [1.54, 1.807) is 22.8 Å². The van der Waals surface area contributed by atoms with Gasteiger partial charge in [0.15, 0.2) is 11.5 Å². The molecule has 3 N–H and O–H groups in total. The maximum absolute atomic E-state index is 4.58. The van der Waals surface area contributed by atoms with Gasteiger partial charge in [-0.15, -0.1) is 0 Å². The SMILES string of the molecule is Cn1cc(-c2cnc3c(NC4=CC(C5CCNC5)NS4)nccn23)cn1. The molecule has 5 rings (SSSR count). The van der Waals surface area contributed by atoms with Gasteiger partial charge in [0.1, 0.15) is 0 Å². The largest absolute Gasteiger partial charge is 0.331 e. The van der Waals surface area contributed by atoms with Crippen LogP contribution in [0.2, 0.25) is 0 Å². The monoisotopic (exact) mass is 368 g/mol. The maximum Gasteiger partial charge on any atom is 0.180 e. The van der Waals surface area contributed by atoms with Gasteiger partial charge in [-0.1, -0.05) is 0 Å². The lowest BCUT2D eigenvalue weighted by Gasteiger charge is -2.14. The van der Waals surface area contributed by atoms with Crippen LogP contribution in [0, 0.1) is 5.92 Å². The third-order valence-electron chi connectivity index (χ3n) is 4.91. The Kier molecular flexibility index (Phi) is 3.92. The lowest BCUT2D eigenvalue weighted by atomic mass is 10.00. The van der Waals surface area contributed by atoms with Crippen LogP contribution < -0.4 is 15.4 Å². The highest BCUT2D eigenvalue weighted by atomic mass is 32.2. The molecule has 3 aromatic rings. The summed E-state index contributed by atoms with van der Waals surface area (Å²) in [4.78, 5) is 9.07. The minimum atomic E-state index is 0.392. The molecule has 5 heterocycles. The molecule has 0 bridgehead atoms. The van der Waals surface area contributed by atoms with Gasteiger partial charge in [0.05, 0.1) is 23.1 Å². The van der Waals surface area contributed by atoms with Gasteiger partial charge < -0.3 is 10.6 Å². The summed E-state index contributed by atoms with van der Waals surface area (Å²) >= 11 is 1.63. The molecule has 2 aliphatic rings. The first-order valence-corrected chi connectivity index (χ1v) is 9.52. The molecule has 0 spiro atoms. The van der Waals surface area contributed by atoms with Gasteiger partial charge >= 0.3 is 0 Å². The van der Waals surface area contributed by atoms with Crippen LogP contribution in [0.3, 0.4) is 0 Å². The van der Waals surface area contributed by atoms with Crippen LogP contribution in [0.5, 0.6) is 0 Å². The zero-order valence-electron chi connectivity index (χ0n) is 14.4. The predicted molar refractivity (Wildman–Crippen MR) is 102 cm³/mol. The Balaban J connectivity index is 1.43. The molecule has 26 heavy (non-hydrogen) atoms. The van der Waals surface area contributed by atoms with Crippen molar-refractivity contribution in [2.75, 3.05) is 18.4 Å². The molecule has 0 radical (unpaired) electrons. The molecule has 2 unspecified atom stereocenters. The lowest BCUT2D eigenvalue weighted by molar-refractivity contribution is 0.501. The number of hydrogen-bond acceptors (Lipinski definition) is 7. The summed E-state index contributed by atoms with van der Waals surface area (Å²) in [5, 5.41) is 12.2. The molecule has 0 saturated carbocycles. The van der Waals surface area contributed by atoms with Crippen LogP contribution in [-0.4, -0.2) is 43.3 Å². The first-order chi connectivity index (χ1) is 12.8. The Morgan fingerprint density at radius 1 is 1.31 bits per heavy atom. The van der Waals surface area contributed by atoms with E-state index in [0.29, 0.717) is 12.0 Å². The number of imidazole rings is 1. The highest BCUT2D eigenvalue weighted by Gasteiger charge is 2.27. The average molecular weight is 368 g/mol.